The lowest BCUT2D eigenvalue weighted by atomic mass is 10.3. The number of anilines is 1. The van der Waals surface area contributed by atoms with Crippen molar-refractivity contribution >= 4 is 17.0 Å². The Hall–Kier alpha value is -3.48. The fourth-order valence-electron chi connectivity index (χ4n) is 2.68. The van der Waals surface area contributed by atoms with E-state index in [-0.39, 0.29) is 0 Å². The molecule has 2 heterocycles. The highest BCUT2D eigenvalue weighted by molar-refractivity contribution is 5.83. The van der Waals surface area contributed by atoms with E-state index in [0.29, 0.717) is 24.3 Å². The van der Waals surface area contributed by atoms with Crippen molar-refractivity contribution in [3.05, 3.63) is 67.0 Å². The number of aromatic nitrogens is 5. The van der Waals surface area contributed by atoms with Crippen LogP contribution in [0.25, 0.3) is 16.9 Å². The molecule has 7 nitrogen and oxygen atoms in total. The van der Waals surface area contributed by atoms with E-state index in [1.54, 1.807) is 4.68 Å². The first-order chi connectivity index (χ1) is 12.8. The Morgan fingerprint density at radius 2 is 1.69 bits per heavy atom. The van der Waals surface area contributed by atoms with Crippen LogP contribution in [0.3, 0.4) is 0 Å². The first kappa shape index (κ1) is 16.0. The summed E-state index contributed by atoms with van der Waals surface area (Å²) in [5.74, 6) is 1.58. The Kier molecular flexibility index (Phi) is 4.42. The number of fused-ring (bicyclic) bond motifs is 1. The van der Waals surface area contributed by atoms with Gasteiger partial charge in [-0.1, -0.05) is 41.6 Å². The summed E-state index contributed by atoms with van der Waals surface area (Å²) in [5.41, 5.74) is 2.25. The Bertz CT molecular complexity index is 987. The molecule has 0 amide bonds. The van der Waals surface area contributed by atoms with Crippen LogP contribution in [-0.4, -0.2) is 45.2 Å². The van der Waals surface area contributed by atoms with E-state index in [9.17, 15) is 0 Å². The average molecular weight is 346 g/mol. The van der Waals surface area contributed by atoms with Crippen molar-refractivity contribution < 1.29 is 4.74 Å². The molecule has 4 rings (SSSR count). The van der Waals surface area contributed by atoms with Crippen molar-refractivity contribution in [2.75, 3.05) is 25.1 Å². The smallest absolute Gasteiger partial charge is 0.189 e. The van der Waals surface area contributed by atoms with Gasteiger partial charge in [-0.15, -0.1) is 5.10 Å². The Morgan fingerprint density at radius 1 is 0.962 bits per heavy atom. The number of benzene rings is 2. The van der Waals surface area contributed by atoms with E-state index in [2.05, 4.69) is 20.3 Å². The number of para-hydroxylation sites is 2. The molecule has 0 aliphatic heterocycles. The van der Waals surface area contributed by atoms with Crippen molar-refractivity contribution in [1.82, 2.24) is 25.0 Å². The van der Waals surface area contributed by atoms with E-state index in [4.69, 9.17) is 4.74 Å². The van der Waals surface area contributed by atoms with Gasteiger partial charge in [0.15, 0.2) is 17.0 Å². The summed E-state index contributed by atoms with van der Waals surface area (Å²) < 4.78 is 7.48. The van der Waals surface area contributed by atoms with E-state index in [1.807, 2.05) is 72.6 Å². The summed E-state index contributed by atoms with van der Waals surface area (Å²) in [4.78, 5) is 10.7. The molecule has 0 unspecified atom stereocenters. The first-order valence-electron chi connectivity index (χ1n) is 8.34. The van der Waals surface area contributed by atoms with Gasteiger partial charge < -0.3 is 9.64 Å². The largest absolute Gasteiger partial charge is 0.492 e. The molecule has 4 aromatic rings. The molecule has 0 spiro atoms. The molecule has 0 saturated carbocycles. The van der Waals surface area contributed by atoms with E-state index in [0.717, 1.165) is 17.3 Å². The number of likely N-dealkylation sites (N-methyl/N-ethyl adjacent to an activating group) is 1. The van der Waals surface area contributed by atoms with Crippen LogP contribution >= 0.6 is 0 Å². The predicted octanol–water partition coefficient (Wildman–Crippen LogP) is 2.73. The van der Waals surface area contributed by atoms with Gasteiger partial charge in [0, 0.05) is 7.05 Å². The predicted molar refractivity (Wildman–Crippen MR) is 99.7 cm³/mol. The maximum absolute atomic E-state index is 5.76. The molecule has 0 N–H and O–H groups in total. The van der Waals surface area contributed by atoms with Crippen LogP contribution in [0.5, 0.6) is 5.75 Å². The lowest BCUT2D eigenvalue weighted by Gasteiger charge is -2.18. The third kappa shape index (κ3) is 3.19. The maximum Gasteiger partial charge on any atom is 0.189 e. The summed E-state index contributed by atoms with van der Waals surface area (Å²) >= 11 is 0. The zero-order valence-electron chi connectivity index (χ0n) is 14.4. The number of hydrogen-bond donors (Lipinski definition) is 0. The van der Waals surface area contributed by atoms with Gasteiger partial charge in [-0.2, -0.15) is 4.68 Å². The third-order valence-electron chi connectivity index (χ3n) is 4.02. The van der Waals surface area contributed by atoms with Crippen LogP contribution in [0.4, 0.5) is 5.82 Å². The molecule has 2 aromatic heterocycles. The summed E-state index contributed by atoms with van der Waals surface area (Å²) in [6.45, 7) is 1.21. The molecule has 130 valence electrons. The molecule has 26 heavy (non-hydrogen) atoms. The summed E-state index contributed by atoms with van der Waals surface area (Å²) in [5, 5.41) is 8.53. The molecular formula is C19H18N6O. The normalized spacial score (nSPS) is 10.8. The number of ether oxygens (including phenoxy) is 1. The number of hydrogen-bond acceptors (Lipinski definition) is 6. The Balaban J connectivity index is 1.54. The monoisotopic (exact) mass is 346 g/mol. The van der Waals surface area contributed by atoms with Crippen LogP contribution in [0.15, 0.2) is 67.0 Å². The molecule has 0 radical (unpaired) electrons. The van der Waals surface area contributed by atoms with Gasteiger partial charge in [0.1, 0.15) is 18.7 Å². The minimum absolute atomic E-state index is 0.541. The Morgan fingerprint density at radius 3 is 2.46 bits per heavy atom. The van der Waals surface area contributed by atoms with Crippen LogP contribution < -0.4 is 9.64 Å². The fourth-order valence-corrected chi connectivity index (χ4v) is 2.68. The van der Waals surface area contributed by atoms with Gasteiger partial charge in [-0.3, -0.25) is 0 Å². The zero-order valence-corrected chi connectivity index (χ0v) is 14.4. The lowest BCUT2D eigenvalue weighted by molar-refractivity contribution is 0.326. The second kappa shape index (κ2) is 7.18. The highest BCUT2D eigenvalue weighted by Gasteiger charge is 2.15. The number of rotatable bonds is 6. The average Bonchev–Trinajstić information content (AvgIpc) is 3.13. The standard InChI is InChI=1S/C19H18N6O/c1-24(12-13-26-16-10-6-3-7-11-16)18-17-19(21-14-20-18)25(23-22-17)15-8-4-2-5-9-15/h2-11,14H,12-13H2,1H3. The van der Waals surface area contributed by atoms with Gasteiger partial charge in [0.25, 0.3) is 0 Å². The molecule has 0 atom stereocenters. The van der Waals surface area contributed by atoms with Crippen molar-refractivity contribution in [3.63, 3.8) is 0 Å². The summed E-state index contributed by atoms with van der Waals surface area (Å²) in [6.07, 6.45) is 1.54. The van der Waals surface area contributed by atoms with E-state index >= 15 is 0 Å². The zero-order chi connectivity index (χ0) is 17.8. The molecule has 0 aliphatic carbocycles. The maximum atomic E-state index is 5.76. The van der Waals surface area contributed by atoms with Crippen LogP contribution in [-0.2, 0) is 0 Å². The van der Waals surface area contributed by atoms with Crippen LogP contribution in [0.2, 0.25) is 0 Å². The molecule has 0 bridgehead atoms. The third-order valence-corrected chi connectivity index (χ3v) is 4.02. The van der Waals surface area contributed by atoms with Crippen molar-refractivity contribution in [3.8, 4) is 11.4 Å². The van der Waals surface area contributed by atoms with Crippen molar-refractivity contribution in [2.24, 2.45) is 0 Å². The molecule has 0 saturated heterocycles. The highest BCUT2D eigenvalue weighted by Crippen LogP contribution is 2.21. The van der Waals surface area contributed by atoms with Gasteiger partial charge >= 0.3 is 0 Å². The second-order valence-corrected chi connectivity index (χ2v) is 5.79. The lowest BCUT2D eigenvalue weighted by Crippen LogP contribution is -2.25. The Labute approximate surface area is 150 Å². The first-order valence-corrected chi connectivity index (χ1v) is 8.34. The van der Waals surface area contributed by atoms with Crippen molar-refractivity contribution in [1.29, 1.82) is 0 Å². The molecule has 0 aliphatic rings. The van der Waals surface area contributed by atoms with Gasteiger partial charge in [-0.05, 0) is 24.3 Å². The van der Waals surface area contributed by atoms with Gasteiger partial charge in [0.2, 0.25) is 0 Å². The highest BCUT2D eigenvalue weighted by atomic mass is 16.5. The number of nitrogens with zero attached hydrogens (tertiary/aromatic N) is 6. The van der Waals surface area contributed by atoms with E-state index in [1.165, 1.54) is 6.33 Å². The minimum Gasteiger partial charge on any atom is -0.492 e. The SMILES string of the molecule is CN(CCOc1ccccc1)c1ncnc2c1nnn2-c1ccccc1. The van der Waals surface area contributed by atoms with Gasteiger partial charge in [0.05, 0.1) is 12.2 Å². The molecule has 2 aromatic carbocycles. The fraction of sp³-hybridized carbons (Fsp3) is 0.158. The summed E-state index contributed by atoms with van der Waals surface area (Å²) in [6, 6.07) is 19.6. The summed E-state index contributed by atoms with van der Waals surface area (Å²) in [7, 11) is 1.96. The molecular weight excluding hydrogens is 328 g/mol. The molecule has 0 fully saturated rings. The minimum atomic E-state index is 0.541. The van der Waals surface area contributed by atoms with E-state index < -0.39 is 0 Å². The second-order valence-electron chi connectivity index (χ2n) is 5.79. The van der Waals surface area contributed by atoms with Crippen LogP contribution in [0.1, 0.15) is 0 Å². The van der Waals surface area contributed by atoms with Crippen LogP contribution in [0, 0.1) is 0 Å². The van der Waals surface area contributed by atoms with Gasteiger partial charge in [-0.25, -0.2) is 9.97 Å². The quantitative estimate of drug-likeness (QED) is 0.535. The molecule has 7 heteroatoms. The van der Waals surface area contributed by atoms with Crippen molar-refractivity contribution in [2.45, 2.75) is 0 Å². The topological polar surface area (TPSA) is 69.0 Å².